The smallest absolute Gasteiger partial charge is 0.306 e. The van der Waals surface area contributed by atoms with Crippen molar-refractivity contribution in [1.82, 2.24) is 0 Å². The Hall–Kier alpha value is -1.59. The molecule has 1 atom stereocenters. The molecular weight excluding hydrogens is 685 g/mol. The predicted octanol–water partition coefficient (Wildman–Crippen LogP) is 15.5. The van der Waals surface area contributed by atoms with E-state index in [1.165, 1.54) is 161 Å². The number of hydrogen-bond acceptors (Lipinski definition) is 6. The molecule has 6 heteroatoms. The second-order valence-electron chi connectivity index (χ2n) is 17.2. The third kappa shape index (κ3) is 43.4. The van der Waals surface area contributed by atoms with E-state index < -0.39 is 6.10 Å². The normalized spacial score (nSPS) is 11.9. The van der Waals surface area contributed by atoms with Gasteiger partial charge in [-0.2, -0.15) is 0 Å². The lowest BCUT2D eigenvalue weighted by molar-refractivity contribution is -0.167. The molecular formula is C49H94O6. The molecule has 0 fully saturated rings. The Morgan fingerprint density at radius 2 is 0.600 bits per heavy atom. The molecule has 6 nitrogen and oxygen atoms in total. The van der Waals surface area contributed by atoms with Crippen LogP contribution in [0.3, 0.4) is 0 Å². The van der Waals surface area contributed by atoms with Gasteiger partial charge in [-0.05, 0) is 25.2 Å². The van der Waals surface area contributed by atoms with E-state index in [-0.39, 0.29) is 31.1 Å². The van der Waals surface area contributed by atoms with E-state index in [1.807, 2.05) is 0 Å². The molecule has 0 radical (unpaired) electrons. The van der Waals surface area contributed by atoms with Crippen molar-refractivity contribution in [3.63, 3.8) is 0 Å². The maximum atomic E-state index is 12.5. The molecule has 0 saturated carbocycles. The van der Waals surface area contributed by atoms with Gasteiger partial charge in [-0.25, -0.2) is 0 Å². The van der Waals surface area contributed by atoms with E-state index >= 15 is 0 Å². The summed E-state index contributed by atoms with van der Waals surface area (Å²) in [6.45, 7) is 8.92. The van der Waals surface area contributed by atoms with Crippen molar-refractivity contribution in [2.75, 3.05) is 13.2 Å². The number of carbonyl (C=O) groups is 3. The second kappa shape index (κ2) is 43.5. The molecule has 0 N–H and O–H groups in total. The van der Waals surface area contributed by atoms with Crippen molar-refractivity contribution in [3.05, 3.63) is 0 Å². The molecule has 0 unspecified atom stereocenters. The van der Waals surface area contributed by atoms with Crippen LogP contribution in [0.15, 0.2) is 0 Å². The number of unbranched alkanes of at least 4 members (excludes halogenated alkanes) is 31. The molecule has 55 heavy (non-hydrogen) atoms. The van der Waals surface area contributed by atoms with Gasteiger partial charge in [0.25, 0.3) is 0 Å². The van der Waals surface area contributed by atoms with Crippen LogP contribution in [0.1, 0.15) is 272 Å². The summed E-state index contributed by atoms with van der Waals surface area (Å²) in [4.78, 5) is 37.5. The van der Waals surface area contributed by atoms with Crippen LogP contribution in [0.25, 0.3) is 0 Å². The van der Waals surface area contributed by atoms with Crippen molar-refractivity contribution in [2.24, 2.45) is 5.92 Å². The standard InChI is InChI=1S/C49H94O6/c1-5-7-9-11-12-13-14-15-16-17-18-19-20-21-22-26-29-33-36-40-47(50)53-43-46(55-49(52)42-38-31-10-8-6-2)44-54-48(51)41-37-34-30-27-24-23-25-28-32-35-39-45(3)4/h45-46H,5-44H2,1-4H3/t46-/m0/s1. The summed E-state index contributed by atoms with van der Waals surface area (Å²) in [5.74, 6) is -0.0470. The monoisotopic (exact) mass is 779 g/mol. The first-order chi connectivity index (χ1) is 26.9. The minimum atomic E-state index is -0.758. The molecule has 0 aliphatic carbocycles. The van der Waals surface area contributed by atoms with Crippen LogP contribution < -0.4 is 0 Å². The molecule has 0 bridgehead atoms. The maximum absolute atomic E-state index is 12.5. The summed E-state index contributed by atoms with van der Waals surface area (Å²) in [5.41, 5.74) is 0. The van der Waals surface area contributed by atoms with E-state index in [4.69, 9.17) is 14.2 Å². The Kier molecular flexibility index (Phi) is 42.3. The van der Waals surface area contributed by atoms with Gasteiger partial charge in [0.2, 0.25) is 0 Å². The molecule has 0 rings (SSSR count). The SMILES string of the molecule is CCCCCCCCCCCCCCCCCCCCCC(=O)OC[C@@H](COC(=O)CCCCCCCCCCCCC(C)C)OC(=O)CCCCCCC. The zero-order valence-electron chi connectivity index (χ0n) is 37.4. The molecule has 0 aliphatic heterocycles. The predicted molar refractivity (Wildman–Crippen MR) is 233 cm³/mol. The lowest BCUT2D eigenvalue weighted by atomic mass is 10.0. The fourth-order valence-corrected chi connectivity index (χ4v) is 7.33. The lowest BCUT2D eigenvalue weighted by Gasteiger charge is -2.18. The van der Waals surface area contributed by atoms with Gasteiger partial charge in [0.15, 0.2) is 6.10 Å². The van der Waals surface area contributed by atoms with Gasteiger partial charge >= 0.3 is 17.9 Å². The van der Waals surface area contributed by atoms with Crippen molar-refractivity contribution in [1.29, 1.82) is 0 Å². The Morgan fingerprint density at radius 1 is 0.345 bits per heavy atom. The van der Waals surface area contributed by atoms with Gasteiger partial charge in [-0.3, -0.25) is 14.4 Å². The summed E-state index contributed by atoms with van der Waals surface area (Å²) in [5, 5.41) is 0. The minimum absolute atomic E-state index is 0.0649. The summed E-state index contributed by atoms with van der Waals surface area (Å²) in [6, 6.07) is 0. The minimum Gasteiger partial charge on any atom is -0.462 e. The Labute approximate surface area is 342 Å². The highest BCUT2D eigenvalue weighted by Gasteiger charge is 2.19. The van der Waals surface area contributed by atoms with Gasteiger partial charge in [0, 0.05) is 19.3 Å². The highest BCUT2D eigenvalue weighted by Crippen LogP contribution is 2.17. The van der Waals surface area contributed by atoms with E-state index in [1.54, 1.807) is 0 Å². The Balaban J connectivity index is 4.06. The number of ether oxygens (including phenoxy) is 3. The van der Waals surface area contributed by atoms with E-state index in [0.717, 1.165) is 70.1 Å². The van der Waals surface area contributed by atoms with Gasteiger partial charge in [0.05, 0.1) is 0 Å². The van der Waals surface area contributed by atoms with E-state index in [2.05, 4.69) is 27.7 Å². The van der Waals surface area contributed by atoms with Gasteiger partial charge in [-0.15, -0.1) is 0 Å². The van der Waals surface area contributed by atoms with Gasteiger partial charge in [-0.1, -0.05) is 233 Å². The van der Waals surface area contributed by atoms with E-state index in [9.17, 15) is 14.4 Å². The summed E-state index contributed by atoms with van der Waals surface area (Å²) in [6.07, 6.45) is 44.1. The maximum Gasteiger partial charge on any atom is 0.306 e. The highest BCUT2D eigenvalue weighted by molar-refractivity contribution is 5.71. The van der Waals surface area contributed by atoms with Crippen LogP contribution >= 0.6 is 0 Å². The van der Waals surface area contributed by atoms with Crippen LogP contribution in [0.4, 0.5) is 0 Å². The van der Waals surface area contributed by atoms with Crippen molar-refractivity contribution in [3.8, 4) is 0 Å². The van der Waals surface area contributed by atoms with Crippen molar-refractivity contribution < 1.29 is 28.6 Å². The van der Waals surface area contributed by atoms with Crippen molar-refractivity contribution >= 4 is 17.9 Å². The fourth-order valence-electron chi connectivity index (χ4n) is 7.33. The third-order valence-corrected chi connectivity index (χ3v) is 11.0. The molecule has 0 aromatic heterocycles. The first kappa shape index (κ1) is 53.4. The zero-order valence-corrected chi connectivity index (χ0v) is 37.4. The number of rotatable bonds is 44. The molecule has 326 valence electrons. The van der Waals surface area contributed by atoms with Crippen molar-refractivity contribution in [2.45, 2.75) is 278 Å². The highest BCUT2D eigenvalue weighted by atomic mass is 16.6. The molecule has 0 spiro atoms. The number of esters is 3. The Morgan fingerprint density at radius 3 is 0.891 bits per heavy atom. The quantitative estimate of drug-likeness (QED) is 0.0348. The average Bonchev–Trinajstić information content (AvgIpc) is 3.17. The first-order valence-electron chi connectivity index (χ1n) is 24.4. The largest absolute Gasteiger partial charge is 0.462 e. The van der Waals surface area contributed by atoms with Crippen LogP contribution in [0.2, 0.25) is 0 Å². The lowest BCUT2D eigenvalue weighted by Crippen LogP contribution is -2.30. The van der Waals surface area contributed by atoms with Gasteiger partial charge in [0.1, 0.15) is 13.2 Å². The second-order valence-corrected chi connectivity index (χ2v) is 17.2. The molecule has 0 aliphatic rings. The van der Waals surface area contributed by atoms with Crippen LogP contribution in [0.5, 0.6) is 0 Å². The molecule has 0 aromatic carbocycles. The summed E-state index contributed by atoms with van der Waals surface area (Å²) in [7, 11) is 0. The summed E-state index contributed by atoms with van der Waals surface area (Å²) >= 11 is 0. The molecule has 0 saturated heterocycles. The first-order valence-corrected chi connectivity index (χ1v) is 24.4. The average molecular weight is 779 g/mol. The van der Waals surface area contributed by atoms with Crippen LogP contribution in [-0.4, -0.2) is 37.2 Å². The number of hydrogen-bond donors (Lipinski definition) is 0. The number of carbonyl (C=O) groups excluding carboxylic acids is 3. The topological polar surface area (TPSA) is 78.9 Å². The zero-order chi connectivity index (χ0) is 40.3. The molecule has 0 amide bonds. The molecule has 0 heterocycles. The molecule has 0 aromatic rings. The fraction of sp³-hybridized carbons (Fsp3) is 0.939. The van der Waals surface area contributed by atoms with E-state index in [0.29, 0.717) is 19.3 Å². The Bertz CT molecular complexity index is 826. The van der Waals surface area contributed by atoms with Crippen LogP contribution in [0, 0.1) is 5.92 Å². The summed E-state index contributed by atoms with van der Waals surface area (Å²) < 4.78 is 16.6. The third-order valence-electron chi connectivity index (χ3n) is 11.0. The van der Waals surface area contributed by atoms with Crippen LogP contribution in [-0.2, 0) is 28.6 Å². The van der Waals surface area contributed by atoms with Gasteiger partial charge < -0.3 is 14.2 Å².